The lowest BCUT2D eigenvalue weighted by molar-refractivity contribution is -0.117. The maximum Gasteiger partial charge on any atom is 0.291 e. The van der Waals surface area contributed by atoms with E-state index in [0.29, 0.717) is 22.9 Å². The first-order valence-corrected chi connectivity index (χ1v) is 10.6. The summed E-state index contributed by atoms with van der Waals surface area (Å²) in [4.78, 5) is 38.3. The van der Waals surface area contributed by atoms with E-state index in [2.05, 4.69) is 15.7 Å². The van der Waals surface area contributed by atoms with Gasteiger partial charge in [0.05, 0.1) is 5.69 Å². The molecule has 0 aliphatic carbocycles. The smallest absolute Gasteiger partial charge is 0.291 e. The van der Waals surface area contributed by atoms with Crippen LogP contribution < -0.4 is 16.2 Å². The van der Waals surface area contributed by atoms with Crippen molar-refractivity contribution in [3.05, 3.63) is 112 Å². The third kappa shape index (κ3) is 5.83. The van der Waals surface area contributed by atoms with Crippen LogP contribution in [0, 0.1) is 18.6 Å². The summed E-state index contributed by atoms with van der Waals surface area (Å²) >= 11 is 0. The number of carbonyl (C=O) groups excluding carboxylic acids is 2. The van der Waals surface area contributed by atoms with Crippen LogP contribution in [-0.2, 0) is 11.3 Å². The number of rotatable bonds is 6. The Morgan fingerprint density at radius 3 is 2.20 bits per heavy atom. The molecule has 0 saturated carbocycles. The van der Waals surface area contributed by atoms with Crippen molar-refractivity contribution in [3.63, 3.8) is 0 Å². The summed E-state index contributed by atoms with van der Waals surface area (Å²) in [5.74, 6) is -2.95. The summed E-state index contributed by atoms with van der Waals surface area (Å²) in [6, 6.07) is 19.7. The van der Waals surface area contributed by atoms with Crippen LogP contribution in [0.15, 0.2) is 83.7 Å². The number of benzene rings is 3. The van der Waals surface area contributed by atoms with Crippen LogP contribution in [0.2, 0.25) is 0 Å². The average molecular weight is 474 g/mol. The molecule has 0 radical (unpaired) electrons. The van der Waals surface area contributed by atoms with Crippen molar-refractivity contribution < 1.29 is 18.4 Å². The van der Waals surface area contributed by atoms with Crippen molar-refractivity contribution in [2.75, 3.05) is 10.6 Å². The predicted octanol–water partition coefficient (Wildman–Crippen LogP) is 4.39. The molecule has 9 heteroatoms. The van der Waals surface area contributed by atoms with Gasteiger partial charge < -0.3 is 10.6 Å². The fraction of sp³-hybridized carbons (Fsp3) is 0.0769. The molecule has 176 valence electrons. The van der Waals surface area contributed by atoms with Gasteiger partial charge in [0, 0.05) is 22.9 Å². The lowest BCUT2D eigenvalue weighted by atomic mass is 10.1. The molecule has 2 amide bonds. The van der Waals surface area contributed by atoms with Gasteiger partial charge in [-0.1, -0.05) is 48.0 Å². The molecule has 0 aliphatic rings. The Hall–Kier alpha value is -4.66. The molecule has 0 bridgehead atoms. The molecular weight excluding hydrogens is 454 g/mol. The van der Waals surface area contributed by atoms with E-state index in [1.165, 1.54) is 6.07 Å². The van der Waals surface area contributed by atoms with E-state index in [4.69, 9.17) is 0 Å². The van der Waals surface area contributed by atoms with Crippen LogP contribution in [-0.4, -0.2) is 21.6 Å². The largest absolute Gasteiger partial charge is 0.324 e. The van der Waals surface area contributed by atoms with Crippen LogP contribution in [0.25, 0.3) is 11.3 Å². The van der Waals surface area contributed by atoms with E-state index < -0.39 is 35.6 Å². The number of aromatic nitrogens is 2. The van der Waals surface area contributed by atoms with Crippen molar-refractivity contribution in [2.24, 2.45) is 0 Å². The number of hydrogen-bond donors (Lipinski definition) is 2. The Bertz CT molecular complexity index is 1430. The van der Waals surface area contributed by atoms with Gasteiger partial charge in [0.25, 0.3) is 11.5 Å². The van der Waals surface area contributed by atoms with Gasteiger partial charge in [-0.15, -0.1) is 0 Å². The Morgan fingerprint density at radius 1 is 0.886 bits per heavy atom. The summed E-state index contributed by atoms with van der Waals surface area (Å²) in [6.07, 6.45) is 0. The Labute approximate surface area is 199 Å². The number of anilines is 2. The van der Waals surface area contributed by atoms with Gasteiger partial charge >= 0.3 is 0 Å². The van der Waals surface area contributed by atoms with E-state index >= 15 is 0 Å². The molecule has 0 spiro atoms. The summed E-state index contributed by atoms with van der Waals surface area (Å²) in [7, 11) is 0. The highest BCUT2D eigenvalue weighted by Gasteiger charge is 2.16. The number of aryl methyl sites for hydroxylation is 1. The molecule has 2 N–H and O–H groups in total. The van der Waals surface area contributed by atoms with Crippen LogP contribution in [0.3, 0.4) is 0 Å². The average Bonchev–Trinajstić information content (AvgIpc) is 2.82. The number of nitrogens with one attached hydrogen (secondary N) is 2. The van der Waals surface area contributed by atoms with E-state index in [1.807, 2.05) is 19.1 Å². The maximum absolute atomic E-state index is 13.5. The third-order valence-corrected chi connectivity index (χ3v) is 5.05. The highest BCUT2D eigenvalue weighted by Crippen LogP contribution is 2.19. The SMILES string of the molecule is Cc1ccc(-c2cc(NC(=O)c3ccccc3)c(=O)n(CC(=O)Nc3cc(F)cc(F)c3)n2)cc1. The number of halogens is 2. The second-order valence-electron chi connectivity index (χ2n) is 7.80. The zero-order chi connectivity index (χ0) is 24.9. The molecular formula is C26H20F2N4O3. The van der Waals surface area contributed by atoms with E-state index in [0.717, 1.165) is 22.4 Å². The lowest BCUT2D eigenvalue weighted by Gasteiger charge is -2.12. The van der Waals surface area contributed by atoms with Gasteiger partial charge in [-0.05, 0) is 37.3 Å². The summed E-state index contributed by atoms with van der Waals surface area (Å²) in [5.41, 5.74) is 1.47. The number of hydrogen-bond acceptors (Lipinski definition) is 4. The fourth-order valence-corrected chi connectivity index (χ4v) is 3.35. The molecule has 0 saturated heterocycles. The molecule has 35 heavy (non-hydrogen) atoms. The van der Waals surface area contributed by atoms with Crippen molar-refractivity contribution >= 4 is 23.2 Å². The van der Waals surface area contributed by atoms with Crippen molar-refractivity contribution in [2.45, 2.75) is 13.5 Å². The van der Waals surface area contributed by atoms with E-state index in [1.54, 1.807) is 42.5 Å². The molecule has 0 atom stereocenters. The highest BCUT2D eigenvalue weighted by atomic mass is 19.1. The Morgan fingerprint density at radius 2 is 1.54 bits per heavy atom. The van der Waals surface area contributed by atoms with Crippen LogP contribution in [0.1, 0.15) is 15.9 Å². The Kier molecular flexibility index (Phi) is 6.77. The molecule has 0 unspecified atom stereocenters. The first-order chi connectivity index (χ1) is 16.8. The summed E-state index contributed by atoms with van der Waals surface area (Å²) < 4.78 is 27.8. The van der Waals surface area contributed by atoms with Gasteiger partial charge in [-0.2, -0.15) is 5.10 Å². The topological polar surface area (TPSA) is 93.1 Å². The first-order valence-electron chi connectivity index (χ1n) is 10.6. The quantitative estimate of drug-likeness (QED) is 0.434. The zero-order valence-electron chi connectivity index (χ0n) is 18.6. The zero-order valence-corrected chi connectivity index (χ0v) is 18.6. The minimum atomic E-state index is -0.858. The highest BCUT2D eigenvalue weighted by molar-refractivity contribution is 6.04. The molecule has 1 aromatic heterocycles. The summed E-state index contributed by atoms with van der Waals surface area (Å²) in [5, 5.41) is 9.20. The second-order valence-corrected chi connectivity index (χ2v) is 7.80. The molecule has 0 fully saturated rings. The Balaban J connectivity index is 1.68. The molecule has 4 rings (SSSR count). The van der Waals surface area contributed by atoms with Gasteiger partial charge in [-0.3, -0.25) is 14.4 Å². The van der Waals surface area contributed by atoms with Crippen molar-refractivity contribution in [3.8, 4) is 11.3 Å². The predicted molar refractivity (Wildman–Crippen MR) is 128 cm³/mol. The molecule has 4 aromatic rings. The first kappa shape index (κ1) is 23.5. The third-order valence-electron chi connectivity index (χ3n) is 5.05. The lowest BCUT2D eigenvalue weighted by Crippen LogP contribution is -2.32. The fourth-order valence-electron chi connectivity index (χ4n) is 3.35. The second kappa shape index (κ2) is 10.1. The molecule has 1 heterocycles. The summed E-state index contributed by atoms with van der Waals surface area (Å²) in [6.45, 7) is 1.37. The van der Waals surface area contributed by atoms with E-state index in [9.17, 15) is 23.2 Å². The number of amides is 2. The van der Waals surface area contributed by atoms with Crippen LogP contribution in [0.4, 0.5) is 20.2 Å². The normalized spacial score (nSPS) is 10.6. The standard InChI is InChI=1S/C26H20F2N4O3/c1-16-7-9-17(10-8-16)22-14-23(30-25(34)18-5-3-2-4-6-18)26(35)32(31-22)15-24(33)29-21-12-19(27)11-20(28)13-21/h2-14H,15H2,1H3,(H,29,33)(H,30,34). The maximum atomic E-state index is 13.5. The van der Waals surface area contributed by atoms with Crippen LogP contribution in [0.5, 0.6) is 0 Å². The van der Waals surface area contributed by atoms with Crippen LogP contribution >= 0.6 is 0 Å². The molecule has 3 aromatic carbocycles. The van der Waals surface area contributed by atoms with E-state index in [-0.39, 0.29) is 11.4 Å². The molecule has 7 nitrogen and oxygen atoms in total. The van der Waals surface area contributed by atoms with Crippen molar-refractivity contribution in [1.82, 2.24) is 9.78 Å². The van der Waals surface area contributed by atoms with Gasteiger partial charge in [-0.25, -0.2) is 13.5 Å². The molecule has 0 aliphatic heterocycles. The minimum Gasteiger partial charge on any atom is -0.324 e. The monoisotopic (exact) mass is 474 g/mol. The van der Waals surface area contributed by atoms with Gasteiger partial charge in [0.15, 0.2) is 0 Å². The number of carbonyl (C=O) groups is 2. The number of nitrogens with zero attached hydrogens (tertiary/aromatic N) is 2. The van der Waals surface area contributed by atoms with Gasteiger partial charge in [0.1, 0.15) is 23.9 Å². The van der Waals surface area contributed by atoms with Crippen molar-refractivity contribution in [1.29, 1.82) is 0 Å². The van der Waals surface area contributed by atoms with Gasteiger partial charge in [0.2, 0.25) is 5.91 Å². The minimum absolute atomic E-state index is 0.0750.